The van der Waals surface area contributed by atoms with Gasteiger partial charge in [0.15, 0.2) is 0 Å². The summed E-state index contributed by atoms with van der Waals surface area (Å²) in [6, 6.07) is 27.4. The van der Waals surface area contributed by atoms with Gasteiger partial charge < -0.3 is 10.4 Å². The number of pyridine rings is 1. The topological polar surface area (TPSA) is 48.4 Å². The number of benzene rings is 2. The van der Waals surface area contributed by atoms with Crippen molar-refractivity contribution >= 4 is 0 Å². The van der Waals surface area contributed by atoms with Gasteiger partial charge in [-0.1, -0.05) is 80.6 Å². The zero-order valence-corrected chi connectivity index (χ0v) is 18.0. The van der Waals surface area contributed by atoms with Crippen LogP contribution in [0.15, 0.2) is 85.1 Å². The summed E-state index contributed by atoms with van der Waals surface area (Å²) in [7, 11) is 0. The molecule has 0 radical (unpaired) electrons. The number of aliphatic hydroxyl groups excluding tert-OH is 1. The fourth-order valence-corrected chi connectivity index (χ4v) is 3.68. The summed E-state index contributed by atoms with van der Waals surface area (Å²) in [5, 5.41) is 13.4. The van der Waals surface area contributed by atoms with E-state index in [9.17, 15) is 5.11 Å². The molecule has 4 nitrogen and oxygen atoms in total. The Labute approximate surface area is 180 Å². The molecule has 3 rings (SSSR count). The molecular formula is C26H33N3O. The van der Waals surface area contributed by atoms with E-state index >= 15 is 0 Å². The zero-order chi connectivity index (χ0) is 21.2. The van der Waals surface area contributed by atoms with Crippen molar-refractivity contribution in [1.29, 1.82) is 0 Å². The number of nitrogens with one attached hydrogen (secondary N) is 1. The van der Waals surface area contributed by atoms with Crippen LogP contribution in [0.25, 0.3) is 0 Å². The van der Waals surface area contributed by atoms with Crippen LogP contribution in [0.1, 0.15) is 36.7 Å². The Kier molecular flexibility index (Phi) is 8.57. The Morgan fingerprint density at radius 2 is 1.40 bits per heavy atom. The lowest BCUT2D eigenvalue weighted by molar-refractivity contribution is 0.150. The maximum absolute atomic E-state index is 9.80. The van der Waals surface area contributed by atoms with Crippen LogP contribution in [0.5, 0.6) is 0 Å². The van der Waals surface area contributed by atoms with E-state index in [1.807, 2.05) is 18.3 Å². The van der Waals surface area contributed by atoms with Gasteiger partial charge in [0.2, 0.25) is 0 Å². The van der Waals surface area contributed by atoms with Crippen molar-refractivity contribution in [2.45, 2.75) is 39.0 Å². The van der Waals surface area contributed by atoms with Gasteiger partial charge in [0, 0.05) is 31.9 Å². The van der Waals surface area contributed by atoms with Crippen molar-refractivity contribution in [2.75, 3.05) is 13.2 Å². The average molecular weight is 404 g/mol. The predicted octanol–water partition coefficient (Wildman–Crippen LogP) is 4.43. The number of hydrogen-bond acceptors (Lipinski definition) is 4. The standard InChI is InChI=1S/C26H33N3O/c1-21(2)25(20-30)28-17-26(24-15-9-10-16-27-24)29(18-22-11-5-3-6-12-22)19-23-13-7-4-8-14-23/h3-16,21,25-26,28,30H,17-20H2,1-2H3/t25-,26-/m1/s1. The highest BCUT2D eigenvalue weighted by Crippen LogP contribution is 2.24. The van der Waals surface area contributed by atoms with E-state index in [0.29, 0.717) is 5.92 Å². The molecule has 0 aliphatic heterocycles. The molecule has 1 heterocycles. The normalized spacial score (nSPS) is 13.5. The molecule has 0 saturated carbocycles. The van der Waals surface area contributed by atoms with E-state index in [0.717, 1.165) is 25.3 Å². The summed E-state index contributed by atoms with van der Waals surface area (Å²) in [5.74, 6) is 0.357. The van der Waals surface area contributed by atoms with E-state index in [1.165, 1.54) is 11.1 Å². The number of nitrogens with zero attached hydrogens (tertiary/aromatic N) is 2. The molecular weight excluding hydrogens is 370 g/mol. The molecule has 2 aromatic carbocycles. The van der Waals surface area contributed by atoms with Crippen LogP contribution in [-0.2, 0) is 13.1 Å². The van der Waals surface area contributed by atoms with Gasteiger partial charge in [0.25, 0.3) is 0 Å². The first-order chi connectivity index (χ1) is 14.7. The molecule has 0 aliphatic rings. The maximum Gasteiger partial charge on any atom is 0.0652 e. The van der Waals surface area contributed by atoms with Crippen LogP contribution in [0.4, 0.5) is 0 Å². The van der Waals surface area contributed by atoms with Gasteiger partial charge >= 0.3 is 0 Å². The highest BCUT2D eigenvalue weighted by molar-refractivity contribution is 5.19. The predicted molar refractivity (Wildman–Crippen MR) is 123 cm³/mol. The molecule has 30 heavy (non-hydrogen) atoms. The molecule has 0 unspecified atom stereocenters. The van der Waals surface area contributed by atoms with Gasteiger partial charge in [-0.2, -0.15) is 0 Å². The number of rotatable bonds is 11. The monoisotopic (exact) mass is 403 g/mol. The van der Waals surface area contributed by atoms with Crippen molar-refractivity contribution in [3.8, 4) is 0 Å². The Morgan fingerprint density at radius 3 is 1.87 bits per heavy atom. The minimum atomic E-state index is 0.0616. The molecule has 4 heteroatoms. The first-order valence-corrected chi connectivity index (χ1v) is 10.7. The lowest BCUT2D eigenvalue weighted by Gasteiger charge is -2.33. The molecule has 2 N–H and O–H groups in total. The molecule has 0 amide bonds. The molecule has 0 fully saturated rings. The highest BCUT2D eigenvalue weighted by atomic mass is 16.3. The Balaban J connectivity index is 1.90. The summed E-state index contributed by atoms with van der Waals surface area (Å²) in [5.41, 5.74) is 3.59. The van der Waals surface area contributed by atoms with Gasteiger partial charge in [-0.15, -0.1) is 0 Å². The lowest BCUT2D eigenvalue weighted by atomic mass is 10.0. The fraction of sp³-hybridized carbons (Fsp3) is 0.346. The molecule has 0 aliphatic carbocycles. The summed E-state index contributed by atoms with van der Waals surface area (Å²) < 4.78 is 0. The quantitative estimate of drug-likeness (QED) is 0.497. The van der Waals surface area contributed by atoms with Crippen molar-refractivity contribution in [1.82, 2.24) is 15.2 Å². The minimum absolute atomic E-state index is 0.0616. The summed E-state index contributed by atoms with van der Waals surface area (Å²) in [6.07, 6.45) is 1.86. The number of aliphatic hydroxyl groups is 1. The van der Waals surface area contributed by atoms with Gasteiger partial charge in [0.05, 0.1) is 18.3 Å². The average Bonchev–Trinajstić information content (AvgIpc) is 2.78. The molecule has 0 saturated heterocycles. The van der Waals surface area contributed by atoms with E-state index in [4.69, 9.17) is 0 Å². The second kappa shape index (κ2) is 11.6. The lowest BCUT2D eigenvalue weighted by Crippen LogP contribution is -2.43. The van der Waals surface area contributed by atoms with Crippen LogP contribution in [-0.4, -0.2) is 34.2 Å². The summed E-state index contributed by atoms with van der Waals surface area (Å²) in [4.78, 5) is 7.15. The Bertz CT molecular complexity index is 798. The molecule has 1 aromatic heterocycles. The minimum Gasteiger partial charge on any atom is -0.395 e. The van der Waals surface area contributed by atoms with E-state index in [2.05, 4.69) is 95.8 Å². The molecule has 0 bridgehead atoms. The smallest absolute Gasteiger partial charge is 0.0652 e. The van der Waals surface area contributed by atoms with Crippen LogP contribution >= 0.6 is 0 Å². The van der Waals surface area contributed by atoms with Crippen LogP contribution in [0.2, 0.25) is 0 Å². The van der Waals surface area contributed by atoms with Crippen molar-refractivity contribution < 1.29 is 5.11 Å². The first kappa shape index (κ1) is 22.2. The number of hydrogen-bond donors (Lipinski definition) is 2. The third kappa shape index (κ3) is 6.49. The van der Waals surface area contributed by atoms with Gasteiger partial charge in [0.1, 0.15) is 0 Å². The van der Waals surface area contributed by atoms with Crippen LogP contribution in [0, 0.1) is 5.92 Å². The van der Waals surface area contributed by atoms with Crippen molar-refractivity contribution in [3.05, 3.63) is 102 Å². The summed E-state index contributed by atoms with van der Waals surface area (Å²) >= 11 is 0. The first-order valence-electron chi connectivity index (χ1n) is 10.7. The SMILES string of the molecule is CC(C)[C@@H](CO)NC[C@H](c1ccccn1)N(Cc1ccccc1)Cc1ccccc1. The van der Waals surface area contributed by atoms with E-state index < -0.39 is 0 Å². The maximum atomic E-state index is 9.80. The Morgan fingerprint density at radius 1 is 0.833 bits per heavy atom. The largest absolute Gasteiger partial charge is 0.395 e. The Hall–Kier alpha value is -2.53. The second-order valence-corrected chi connectivity index (χ2v) is 8.09. The third-order valence-corrected chi connectivity index (χ3v) is 5.50. The van der Waals surface area contributed by atoms with E-state index in [-0.39, 0.29) is 18.7 Å². The van der Waals surface area contributed by atoms with Gasteiger partial charge in [-0.3, -0.25) is 9.88 Å². The number of aromatic nitrogens is 1. The molecule has 158 valence electrons. The molecule has 2 atom stereocenters. The van der Waals surface area contributed by atoms with Crippen molar-refractivity contribution in [3.63, 3.8) is 0 Å². The third-order valence-electron chi connectivity index (χ3n) is 5.50. The van der Waals surface area contributed by atoms with Crippen LogP contribution in [0.3, 0.4) is 0 Å². The van der Waals surface area contributed by atoms with Crippen molar-refractivity contribution in [2.24, 2.45) is 5.92 Å². The highest BCUT2D eigenvalue weighted by Gasteiger charge is 2.24. The zero-order valence-electron chi connectivity index (χ0n) is 18.0. The van der Waals surface area contributed by atoms with Gasteiger partial charge in [-0.05, 0) is 29.2 Å². The van der Waals surface area contributed by atoms with E-state index in [1.54, 1.807) is 0 Å². The van der Waals surface area contributed by atoms with Gasteiger partial charge in [-0.25, -0.2) is 0 Å². The fourth-order valence-electron chi connectivity index (χ4n) is 3.68. The van der Waals surface area contributed by atoms with Crippen LogP contribution < -0.4 is 5.32 Å². The molecule has 3 aromatic rings. The second-order valence-electron chi connectivity index (χ2n) is 8.09. The molecule has 0 spiro atoms. The summed E-state index contributed by atoms with van der Waals surface area (Å²) in [6.45, 7) is 6.77.